The first kappa shape index (κ1) is 28.5. The number of carboxylic acid groups (broad SMARTS) is 1. The number of carbonyl (C=O) groups is 4. The maximum Gasteiger partial charge on any atom is 0.326 e. The molecule has 5 unspecified atom stereocenters. The van der Waals surface area contributed by atoms with Crippen LogP contribution in [0.3, 0.4) is 0 Å². The fraction of sp³-hybridized carbons (Fsp3) is 0.458. The van der Waals surface area contributed by atoms with Gasteiger partial charge in [-0.3, -0.25) is 14.4 Å². The Morgan fingerprint density at radius 3 is 2.22 bits per heavy atom. The number of carboxylic acids is 1. The Morgan fingerprint density at radius 2 is 1.67 bits per heavy atom. The first-order valence-electron chi connectivity index (χ1n) is 11.7. The number of H-pyrrole nitrogens is 1. The van der Waals surface area contributed by atoms with Gasteiger partial charge >= 0.3 is 5.97 Å². The van der Waals surface area contributed by atoms with E-state index in [4.69, 9.17) is 10.8 Å². The van der Waals surface area contributed by atoms with Crippen LogP contribution in [0.5, 0.6) is 0 Å². The minimum absolute atomic E-state index is 0.0301. The molecule has 12 heteroatoms. The van der Waals surface area contributed by atoms with Crippen LogP contribution in [0.4, 0.5) is 0 Å². The van der Waals surface area contributed by atoms with Gasteiger partial charge in [-0.1, -0.05) is 50.6 Å². The van der Waals surface area contributed by atoms with E-state index in [2.05, 4.69) is 25.9 Å². The lowest BCUT2D eigenvalue weighted by Crippen LogP contribution is -2.59. The number of nitrogens with one attached hydrogen (secondary N) is 4. The molecule has 0 fully saturated rings. The topological polar surface area (TPSA) is 200 Å². The van der Waals surface area contributed by atoms with Gasteiger partial charge in [0.1, 0.15) is 24.2 Å². The summed E-state index contributed by atoms with van der Waals surface area (Å²) < 4.78 is 0. The van der Waals surface area contributed by atoms with Crippen molar-refractivity contribution in [3.8, 4) is 0 Å². The van der Waals surface area contributed by atoms with Crippen LogP contribution < -0.4 is 21.7 Å². The van der Waals surface area contributed by atoms with Crippen LogP contribution in [0.1, 0.15) is 31.5 Å². The van der Waals surface area contributed by atoms with E-state index in [1.54, 1.807) is 37.3 Å². The lowest BCUT2D eigenvalue weighted by molar-refractivity contribution is -0.142. The maximum absolute atomic E-state index is 13.2. The van der Waals surface area contributed by atoms with Gasteiger partial charge in [0, 0.05) is 24.7 Å². The highest BCUT2D eigenvalue weighted by atomic mass is 16.4. The van der Waals surface area contributed by atoms with Crippen molar-refractivity contribution in [2.75, 3.05) is 6.61 Å². The largest absolute Gasteiger partial charge is 0.480 e. The van der Waals surface area contributed by atoms with Gasteiger partial charge in [0.15, 0.2) is 0 Å². The molecule has 0 bridgehead atoms. The van der Waals surface area contributed by atoms with Crippen LogP contribution in [-0.2, 0) is 32.0 Å². The molecule has 36 heavy (non-hydrogen) atoms. The molecule has 2 aromatic rings. The molecule has 0 spiro atoms. The lowest BCUT2D eigenvalue weighted by atomic mass is 9.96. The predicted molar refractivity (Wildman–Crippen MR) is 130 cm³/mol. The summed E-state index contributed by atoms with van der Waals surface area (Å²) >= 11 is 0. The number of hydrogen-bond acceptors (Lipinski definition) is 7. The van der Waals surface area contributed by atoms with Crippen LogP contribution in [0.15, 0.2) is 42.9 Å². The number of hydrogen-bond donors (Lipinski definition) is 7. The Bertz CT molecular complexity index is 1000. The van der Waals surface area contributed by atoms with Gasteiger partial charge in [-0.05, 0) is 11.5 Å². The number of nitrogens with two attached hydrogens (primary N) is 1. The molecule has 0 radical (unpaired) electrons. The summed E-state index contributed by atoms with van der Waals surface area (Å²) in [7, 11) is 0. The summed E-state index contributed by atoms with van der Waals surface area (Å²) in [5.41, 5.74) is 6.84. The molecule has 1 heterocycles. The first-order valence-corrected chi connectivity index (χ1v) is 11.7. The van der Waals surface area contributed by atoms with Crippen molar-refractivity contribution in [1.82, 2.24) is 25.9 Å². The molecular formula is C24H34N6O6. The fourth-order valence-corrected chi connectivity index (χ4v) is 3.45. The van der Waals surface area contributed by atoms with E-state index in [0.717, 1.165) is 5.56 Å². The smallest absolute Gasteiger partial charge is 0.326 e. The molecule has 12 nitrogen and oxygen atoms in total. The second kappa shape index (κ2) is 14.0. The summed E-state index contributed by atoms with van der Waals surface area (Å²) in [6.45, 7) is 3.00. The average Bonchev–Trinajstić information content (AvgIpc) is 3.38. The number of nitrogens with zero attached hydrogens (tertiary/aromatic N) is 1. The zero-order valence-corrected chi connectivity index (χ0v) is 20.3. The van der Waals surface area contributed by atoms with Crippen LogP contribution in [0.25, 0.3) is 0 Å². The second-order valence-corrected chi connectivity index (χ2v) is 8.59. The van der Waals surface area contributed by atoms with Gasteiger partial charge < -0.3 is 36.9 Å². The molecule has 3 amide bonds. The SMILES string of the molecule is CCC(C)C(NC(=O)C(N)CO)C(=O)NC(Cc1ccccc1)C(=O)NC(Cc1cnc[nH]1)C(=O)O. The Hall–Kier alpha value is -3.77. The number of carbonyl (C=O) groups excluding carboxylic acids is 3. The molecule has 2 rings (SSSR count). The van der Waals surface area contributed by atoms with Gasteiger partial charge in [-0.25, -0.2) is 9.78 Å². The first-order chi connectivity index (χ1) is 17.2. The number of aliphatic carboxylic acids is 1. The summed E-state index contributed by atoms with van der Waals surface area (Å²) in [6.07, 6.45) is 3.46. The van der Waals surface area contributed by atoms with E-state index >= 15 is 0 Å². The molecule has 0 saturated carbocycles. The number of amides is 3. The van der Waals surface area contributed by atoms with Gasteiger partial charge in [0.2, 0.25) is 17.7 Å². The number of aliphatic hydroxyl groups excluding tert-OH is 1. The Labute approximate surface area is 209 Å². The van der Waals surface area contributed by atoms with E-state index in [0.29, 0.717) is 12.1 Å². The van der Waals surface area contributed by atoms with Gasteiger partial charge in [0.25, 0.3) is 0 Å². The quantitative estimate of drug-likeness (QED) is 0.172. The van der Waals surface area contributed by atoms with Crippen molar-refractivity contribution in [2.24, 2.45) is 11.7 Å². The number of aromatic nitrogens is 2. The molecule has 1 aromatic heterocycles. The number of benzene rings is 1. The highest BCUT2D eigenvalue weighted by Gasteiger charge is 2.32. The van der Waals surface area contributed by atoms with Crippen LogP contribution in [0.2, 0.25) is 0 Å². The molecule has 196 valence electrons. The van der Waals surface area contributed by atoms with Crippen molar-refractivity contribution >= 4 is 23.7 Å². The van der Waals surface area contributed by atoms with E-state index in [9.17, 15) is 24.3 Å². The molecule has 0 aliphatic heterocycles. The van der Waals surface area contributed by atoms with E-state index in [1.807, 2.05) is 6.92 Å². The number of rotatable bonds is 14. The summed E-state index contributed by atoms with van der Waals surface area (Å²) in [4.78, 5) is 57.2. The highest BCUT2D eigenvalue weighted by molar-refractivity contribution is 5.94. The third kappa shape index (κ3) is 8.47. The normalized spacial score (nSPS) is 15.1. The van der Waals surface area contributed by atoms with Crippen molar-refractivity contribution in [3.05, 3.63) is 54.1 Å². The number of aliphatic hydroxyl groups is 1. The number of aromatic amines is 1. The molecule has 0 aliphatic rings. The second-order valence-electron chi connectivity index (χ2n) is 8.59. The van der Waals surface area contributed by atoms with Crippen molar-refractivity contribution in [1.29, 1.82) is 0 Å². The highest BCUT2D eigenvalue weighted by Crippen LogP contribution is 2.11. The summed E-state index contributed by atoms with van der Waals surface area (Å²) in [5.74, 6) is -3.58. The van der Waals surface area contributed by atoms with E-state index in [1.165, 1.54) is 12.5 Å². The number of imidazole rings is 1. The zero-order valence-electron chi connectivity index (χ0n) is 20.3. The average molecular weight is 503 g/mol. The van der Waals surface area contributed by atoms with Crippen molar-refractivity contribution < 1.29 is 29.4 Å². The Morgan fingerprint density at radius 1 is 1.00 bits per heavy atom. The molecule has 1 aromatic carbocycles. The van der Waals surface area contributed by atoms with Crippen LogP contribution in [-0.4, -0.2) is 74.6 Å². The minimum atomic E-state index is -1.26. The molecule has 0 aliphatic carbocycles. The maximum atomic E-state index is 13.2. The Kier molecular flexibility index (Phi) is 11.0. The summed E-state index contributed by atoms with van der Waals surface area (Å²) in [6, 6.07) is 4.31. The predicted octanol–water partition coefficient (Wildman–Crippen LogP) is -0.900. The van der Waals surface area contributed by atoms with Gasteiger partial charge in [0.05, 0.1) is 12.9 Å². The van der Waals surface area contributed by atoms with Crippen LogP contribution >= 0.6 is 0 Å². The van der Waals surface area contributed by atoms with E-state index < -0.39 is 54.5 Å². The van der Waals surface area contributed by atoms with E-state index in [-0.39, 0.29) is 18.8 Å². The standard InChI is InChI=1S/C24H34N6O6/c1-3-14(2)20(30-21(32)17(25)12-31)23(34)28-18(9-15-7-5-4-6-8-15)22(33)29-19(24(35)36)10-16-11-26-13-27-16/h4-8,11,13-14,17-20,31H,3,9-10,12,25H2,1-2H3,(H,26,27)(H,28,34)(H,29,33)(H,30,32)(H,35,36). The molecule has 0 saturated heterocycles. The van der Waals surface area contributed by atoms with Crippen molar-refractivity contribution in [3.63, 3.8) is 0 Å². The molecule has 8 N–H and O–H groups in total. The van der Waals surface area contributed by atoms with Crippen LogP contribution in [0, 0.1) is 5.92 Å². The monoisotopic (exact) mass is 502 g/mol. The molecule has 5 atom stereocenters. The zero-order chi connectivity index (χ0) is 26.7. The Balaban J connectivity index is 2.24. The molecular weight excluding hydrogens is 468 g/mol. The summed E-state index contributed by atoms with van der Waals surface area (Å²) in [5, 5.41) is 26.5. The van der Waals surface area contributed by atoms with Gasteiger partial charge in [-0.15, -0.1) is 0 Å². The van der Waals surface area contributed by atoms with Gasteiger partial charge in [-0.2, -0.15) is 0 Å². The third-order valence-electron chi connectivity index (χ3n) is 5.84. The van der Waals surface area contributed by atoms with Crippen molar-refractivity contribution in [2.45, 2.75) is 57.3 Å². The third-order valence-corrected chi connectivity index (χ3v) is 5.84. The lowest BCUT2D eigenvalue weighted by Gasteiger charge is -2.28. The fourth-order valence-electron chi connectivity index (χ4n) is 3.45. The minimum Gasteiger partial charge on any atom is -0.480 e.